The smallest absolute Gasteiger partial charge is 0.338 e. The molecule has 0 saturated carbocycles. The van der Waals surface area contributed by atoms with Crippen LogP contribution in [-0.4, -0.2) is 46.9 Å². The molecule has 2 atom stereocenters. The Balaban J connectivity index is 1.28. The lowest BCUT2D eigenvalue weighted by Crippen LogP contribution is -2.39. The van der Waals surface area contributed by atoms with Gasteiger partial charge in [-0.3, -0.25) is 9.59 Å². The van der Waals surface area contributed by atoms with Crippen LogP contribution in [-0.2, 0) is 19.1 Å². The third kappa shape index (κ3) is 17.1. The van der Waals surface area contributed by atoms with Gasteiger partial charge in [-0.25, -0.2) is 9.59 Å². The van der Waals surface area contributed by atoms with Crippen LogP contribution in [0.15, 0.2) is 178 Å². The predicted octanol–water partition coefficient (Wildman–Crippen LogP) is 15.0. The van der Waals surface area contributed by atoms with Gasteiger partial charge in [0.2, 0.25) is 0 Å². The lowest BCUT2D eigenvalue weighted by molar-refractivity contribution is -0.124. The molecule has 2 aliphatic rings. The Hall–Kier alpha value is -6.54. The van der Waals surface area contributed by atoms with Crippen LogP contribution in [0.2, 0.25) is 0 Å². The summed E-state index contributed by atoms with van der Waals surface area (Å²) in [5, 5.41) is 0. The molecule has 0 fully saturated rings. The highest BCUT2D eigenvalue weighted by molar-refractivity contribution is 6.01. The first-order valence-electron chi connectivity index (χ1n) is 24.1. The Labute approximate surface area is 418 Å². The molecular weight excluding hydrogens is 873 g/mol. The van der Waals surface area contributed by atoms with Gasteiger partial charge in [-0.2, -0.15) is 0 Å². The van der Waals surface area contributed by atoms with Crippen molar-refractivity contribution in [3.63, 3.8) is 0 Å². The van der Waals surface area contributed by atoms with Crippen molar-refractivity contribution in [2.45, 2.75) is 147 Å². The van der Waals surface area contributed by atoms with E-state index in [1.807, 2.05) is 118 Å². The van der Waals surface area contributed by atoms with Gasteiger partial charge >= 0.3 is 11.9 Å². The first-order chi connectivity index (χ1) is 32.5. The van der Waals surface area contributed by atoms with Crippen molar-refractivity contribution in [2.75, 3.05) is 0 Å². The van der Waals surface area contributed by atoms with E-state index in [1.165, 1.54) is 0 Å². The van der Waals surface area contributed by atoms with Gasteiger partial charge in [0, 0.05) is 12.8 Å². The second-order valence-electron chi connectivity index (χ2n) is 21.7. The second-order valence-corrected chi connectivity index (χ2v) is 21.7. The van der Waals surface area contributed by atoms with Gasteiger partial charge in [-0.05, 0) is 165 Å². The van der Waals surface area contributed by atoms with Gasteiger partial charge in [0.25, 0.3) is 0 Å². The average molecular weight is 949 g/mol. The maximum atomic E-state index is 13.5. The van der Waals surface area contributed by atoms with Crippen molar-refractivity contribution in [2.24, 2.45) is 10.8 Å². The van der Waals surface area contributed by atoms with E-state index in [2.05, 4.69) is 78.0 Å². The normalized spacial score (nSPS) is 19.9. The minimum Gasteiger partial charge on any atom is -0.482 e. The molecule has 2 aromatic rings. The standard InChI is InChI=1S/C62H76O8/c1-41(23-19-25-43(3)27-37-51-45(5)55(63)53(39-61(51,13)14)67-49-33-29-47(30-34-49)57(65)69-59(7,8)9)21-17-18-22-42(2)24-20-26-44(4)28-38-52-46(6)56(64)54(40-62(52,15)16)68-50-35-31-48(32-36-50)58(66)70-60(10,11)12/h17-38,53-54H,39-40H2,1-16H3. The lowest BCUT2D eigenvalue weighted by Gasteiger charge is -2.36. The van der Waals surface area contributed by atoms with Gasteiger partial charge in [-0.15, -0.1) is 0 Å². The van der Waals surface area contributed by atoms with Crippen molar-refractivity contribution >= 4 is 23.5 Å². The number of ketones is 2. The van der Waals surface area contributed by atoms with Gasteiger partial charge in [-0.1, -0.05) is 135 Å². The highest BCUT2D eigenvalue weighted by atomic mass is 16.6. The molecule has 2 aromatic carbocycles. The fraction of sp³-hybridized carbons (Fsp3) is 0.387. The maximum Gasteiger partial charge on any atom is 0.338 e. The predicted molar refractivity (Wildman–Crippen MR) is 285 cm³/mol. The molecule has 0 amide bonds. The first-order valence-corrected chi connectivity index (χ1v) is 24.1. The molecule has 0 spiro atoms. The zero-order chi connectivity index (χ0) is 52.2. The van der Waals surface area contributed by atoms with Crippen LogP contribution < -0.4 is 9.47 Å². The molecule has 2 aliphatic carbocycles. The Morgan fingerprint density at radius 3 is 1.11 bits per heavy atom. The molecule has 0 N–H and O–H groups in total. The van der Waals surface area contributed by atoms with Crippen LogP contribution in [0.3, 0.4) is 0 Å². The maximum absolute atomic E-state index is 13.5. The van der Waals surface area contributed by atoms with E-state index >= 15 is 0 Å². The van der Waals surface area contributed by atoms with Crippen LogP contribution in [0.25, 0.3) is 0 Å². The zero-order valence-corrected chi connectivity index (χ0v) is 44.5. The molecule has 0 bridgehead atoms. The Morgan fingerprint density at radius 2 is 0.800 bits per heavy atom. The number of Topliss-reactive ketones (excluding diaryl/α,β-unsaturated/α-hetero) is 2. The average Bonchev–Trinajstić information content (AvgIpc) is 3.25. The summed E-state index contributed by atoms with van der Waals surface area (Å²) in [7, 11) is 0. The van der Waals surface area contributed by atoms with Crippen LogP contribution in [0.1, 0.15) is 144 Å². The summed E-state index contributed by atoms with van der Waals surface area (Å²) >= 11 is 0. The SMILES string of the molecule is CC(C=CC=C(C)C=CC1=C(C)C(=O)C(Oc2ccc(C(=O)OC(C)(C)C)cc2)CC1(C)C)=CC=CC=C(C)C=CC=C(C)C=CC1=C(C)C(=O)C(Oc2ccc(C(=O)OC(C)(C)C)cc2)CC1(C)C. The first kappa shape index (κ1) is 56.1. The summed E-state index contributed by atoms with van der Waals surface area (Å²) in [4.78, 5) is 51.8. The number of benzene rings is 2. The molecule has 8 heteroatoms. The number of hydrogen-bond acceptors (Lipinski definition) is 8. The van der Waals surface area contributed by atoms with Crippen molar-refractivity contribution < 1.29 is 38.1 Å². The minimum absolute atomic E-state index is 0.0402. The van der Waals surface area contributed by atoms with Crippen molar-refractivity contribution in [1.29, 1.82) is 0 Å². The highest BCUT2D eigenvalue weighted by Crippen LogP contribution is 2.42. The molecule has 0 saturated heterocycles. The van der Waals surface area contributed by atoms with Crippen LogP contribution in [0, 0.1) is 10.8 Å². The van der Waals surface area contributed by atoms with Crippen molar-refractivity contribution in [1.82, 2.24) is 0 Å². The quantitative estimate of drug-likeness (QED) is 0.121. The molecule has 8 nitrogen and oxygen atoms in total. The second kappa shape index (κ2) is 23.9. The van der Waals surface area contributed by atoms with Crippen LogP contribution >= 0.6 is 0 Å². The third-order valence-corrected chi connectivity index (χ3v) is 11.8. The summed E-state index contributed by atoms with van der Waals surface area (Å²) < 4.78 is 23.2. The van der Waals surface area contributed by atoms with E-state index in [0.29, 0.717) is 46.6 Å². The Bertz CT molecular complexity index is 2430. The third-order valence-electron chi connectivity index (χ3n) is 11.8. The summed E-state index contributed by atoms with van der Waals surface area (Å²) in [5.74, 6) is 0.179. The summed E-state index contributed by atoms with van der Waals surface area (Å²) in [6, 6.07) is 13.5. The molecule has 0 aliphatic heterocycles. The fourth-order valence-electron chi connectivity index (χ4n) is 8.10. The number of carbonyl (C=O) groups is 4. The van der Waals surface area contributed by atoms with E-state index in [0.717, 1.165) is 33.4 Å². The zero-order valence-electron chi connectivity index (χ0n) is 44.5. The number of esters is 2. The van der Waals surface area contributed by atoms with Crippen LogP contribution in [0.4, 0.5) is 0 Å². The highest BCUT2D eigenvalue weighted by Gasteiger charge is 2.40. The number of ether oxygens (including phenoxy) is 4. The van der Waals surface area contributed by atoms with E-state index in [9.17, 15) is 19.2 Å². The minimum atomic E-state index is -0.622. The van der Waals surface area contributed by atoms with Crippen molar-refractivity contribution in [3.8, 4) is 11.5 Å². The van der Waals surface area contributed by atoms with Crippen molar-refractivity contribution in [3.05, 3.63) is 189 Å². The molecule has 2 unspecified atom stereocenters. The molecule has 0 radical (unpaired) electrons. The number of carbonyl (C=O) groups excluding carboxylic acids is 4. The van der Waals surface area contributed by atoms with E-state index in [4.69, 9.17) is 18.9 Å². The van der Waals surface area contributed by atoms with Gasteiger partial charge in [0.1, 0.15) is 22.7 Å². The van der Waals surface area contributed by atoms with E-state index < -0.39 is 35.3 Å². The van der Waals surface area contributed by atoms with Gasteiger partial charge in [0.15, 0.2) is 23.8 Å². The van der Waals surface area contributed by atoms with Gasteiger partial charge in [0.05, 0.1) is 11.1 Å². The number of rotatable bonds is 16. The topological polar surface area (TPSA) is 105 Å². The largest absolute Gasteiger partial charge is 0.482 e. The molecular formula is C62H76O8. The van der Waals surface area contributed by atoms with E-state index in [1.54, 1.807) is 48.5 Å². The van der Waals surface area contributed by atoms with Gasteiger partial charge < -0.3 is 18.9 Å². The molecule has 372 valence electrons. The van der Waals surface area contributed by atoms with Crippen LogP contribution in [0.5, 0.6) is 11.5 Å². The Morgan fingerprint density at radius 1 is 0.500 bits per heavy atom. The number of allylic oxidation sites excluding steroid dienone is 20. The number of hydrogen-bond donors (Lipinski definition) is 0. The molecule has 70 heavy (non-hydrogen) atoms. The summed E-state index contributed by atoms with van der Waals surface area (Å²) in [6.45, 7) is 31.4. The monoisotopic (exact) mass is 949 g/mol. The lowest BCUT2D eigenvalue weighted by atomic mass is 9.71. The summed E-state index contributed by atoms with van der Waals surface area (Å²) in [5.41, 5.74) is 6.76. The van der Waals surface area contributed by atoms with E-state index in [-0.39, 0.29) is 22.4 Å². The molecule has 0 heterocycles. The Kier molecular flexibility index (Phi) is 19.1. The molecule has 0 aromatic heterocycles. The molecule has 4 rings (SSSR count). The fourth-order valence-corrected chi connectivity index (χ4v) is 8.10. The summed E-state index contributed by atoms with van der Waals surface area (Å²) in [6.07, 6.45) is 28.4.